The van der Waals surface area contributed by atoms with Crippen molar-refractivity contribution in [1.82, 2.24) is 0 Å². The van der Waals surface area contributed by atoms with Gasteiger partial charge in [0.25, 0.3) is 0 Å². The molecule has 0 saturated heterocycles. The highest BCUT2D eigenvalue weighted by molar-refractivity contribution is 5.75. The molecule has 0 radical (unpaired) electrons. The number of benzene rings is 1. The van der Waals surface area contributed by atoms with Crippen molar-refractivity contribution in [1.29, 1.82) is 0 Å². The summed E-state index contributed by atoms with van der Waals surface area (Å²) in [6.07, 6.45) is 19.6. The van der Waals surface area contributed by atoms with E-state index in [1.807, 2.05) is 19.1 Å². The summed E-state index contributed by atoms with van der Waals surface area (Å²) < 4.78 is 20.2. The summed E-state index contributed by atoms with van der Waals surface area (Å²) in [5.74, 6) is 3.80. The lowest BCUT2D eigenvalue weighted by molar-refractivity contribution is -0.144. The summed E-state index contributed by atoms with van der Waals surface area (Å²) in [6.45, 7) is 4.31. The fourth-order valence-electron chi connectivity index (χ4n) is 7.18. The summed E-state index contributed by atoms with van der Waals surface area (Å²) in [5, 5.41) is 0. The third kappa shape index (κ3) is 6.08. The van der Waals surface area contributed by atoms with Crippen molar-refractivity contribution in [3.8, 4) is 5.75 Å². The first kappa shape index (κ1) is 24.5. The monoisotopic (exact) mass is 454 g/mol. The first-order valence-corrected chi connectivity index (χ1v) is 13.7. The molecule has 0 spiro atoms. The molecule has 1 aromatic carbocycles. The predicted molar refractivity (Wildman–Crippen MR) is 133 cm³/mol. The first-order chi connectivity index (χ1) is 16.1. The van der Waals surface area contributed by atoms with Crippen molar-refractivity contribution in [3.05, 3.63) is 41.7 Å². The predicted octanol–water partition coefficient (Wildman–Crippen LogP) is 8.29. The maximum Gasteiger partial charge on any atom is 0.314 e. The lowest BCUT2D eigenvalue weighted by atomic mass is 9.59. The Morgan fingerprint density at radius 1 is 1.03 bits per heavy atom. The largest absolute Gasteiger partial charge is 0.426 e. The van der Waals surface area contributed by atoms with Gasteiger partial charge in [-0.25, -0.2) is 4.39 Å². The molecule has 4 unspecified atom stereocenters. The van der Waals surface area contributed by atoms with Crippen LogP contribution in [0.5, 0.6) is 5.75 Å². The number of hydrogen-bond acceptors (Lipinski definition) is 2. The molecule has 0 bridgehead atoms. The molecule has 0 aliphatic heterocycles. The molecule has 3 aliphatic carbocycles. The summed E-state index contributed by atoms with van der Waals surface area (Å²) in [4.78, 5) is 13.1. The summed E-state index contributed by atoms with van der Waals surface area (Å²) in [5.41, 5.74) is 0.678. The number of allylic oxidation sites excluding steroid dienone is 2. The molecule has 33 heavy (non-hydrogen) atoms. The molecule has 3 saturated carbocycles. The van der Waals surface area contributed by atoms with Gasteiger partial charge in [-0.05, 0) is 99.5 Å². The Hall–Kier alpha value is -1.64. The Bertz CT molecular complexity index is 808. The Labute approximate surface area is 200 Å². The molecular formula is C30H43FO2. The van der Waals surface area contributed by atoms with E-state index in [2.05, 4.69) is 6.92 Å². The van der Waals surface area contributed by atoms with Crippen molar-refractivity contribution in [2.75, 3.05) is 0 Å². The van der Waals surface area contributed by atoms with Crippen molar-refractivity contribution in [3.63, 3.8) is 0 Å². The fraction of sp³-hybridized carbons (Fsp3) is 0.700. The van der Waals surface area contributed by atoms with Gasteiger partial charge in [-0.3, -0.25) is 4.79 Å². The molecule has 0 aromatic heterocycles. The van der Waals surface area contributed by atoms with Crippen molar-refractivity contribution < 1.29 is 13.9 Å². The molecule has 2 nitrogen and oxygen atoms in total. The first-order valence-electron chi connectivity index (χ1n) is 13.7. The second-order valence-electron chi connectivity index (χ2n) is 11.0. The van der Waals surface area contributed by atoms with Crippen molar-refractivity contribution >= 4 is 5.97 Å². The normalized spacial score (nSPS) is 32.5. The van der Waals surface area contributed by atoms with E-state index in [0.29, 0.717) is 29.6 Å². The van der Waals surface area contributed by atoms with E-state index in [4.69, 9.17) is 4.74 Å². The van der Waals surface area contributed by atoms with Crippen LogP contribution >= 0.6 is 0 Å². The fourth-order valence-corrected chi connectivity index (χ4v) is 7.18. The highest BCUT2D eigenvalue weighted by Gasteiger charge is 2.43. The molecule has 4 atom stereocenters. The SMILES string of the molecule is C/C=C/CCc1ccc(OC(=O)C2CCCC3CC(C4CCC(CC)CC4)CCC32)cc1F. The maximum absolute atomic E-state index is 14.5. The van der Waals surface area contributed by atoms with E-state index in [1.54, 1.807) is 12.1 Å². The van der Waals surface area contributed by atoms with Crippen LogP contribution in [0.3, 0.4) is 0 Å². The molecule has 0 N–H and O–H groups in total. The number of carbonyl (C=O) groups is 1. The number of carbonyl (C=O) groups excluding carboxylic acids is 1. The second kappa shape index (κ2) is 11.7. The number of ether oxygens (including phenoxy) is 1. The van der Waals surface area contributed by atoms with Crippen LogP contribution < -0.4 is 4.74 Å². The summed E-state index contributed by atoms with van der Waals surface area (Å²) in [7, 11) is 0. The van der Waals surface area contributed by atoms with Gasteiger partial charge >= 0.3 is 5.97 Å². The Morgan fingerprint density at radius 3 is 2.55 bits per heavy atom. The van der Waals surface area contributed by atoms with E-state index >= 15 is 0 Å². The number of fused-ring (bicyclic) bond motifs is 1. The van der Waals surface area contributed by atoms with Gasteiger partial charge in [0.1, 0.15) is 11.6 Å². The number of aryl methyl sites for hydroxylation is 1. The average Bonchev–Trinajstić information content (AvgIpc) is 2.84. The minimum Gasteiger partial charge on any atom is -0.426 e. The Morgan fingerprint density at radius 2 is 1.82 bits per heavy atom. The minimum atomic E-state index is -0.273. The molecule has 1 aromatic rings. The quantitative estimate of drug-likeness (QED) is 0.235. The summed E-state index contributed by atoms with van der Waals surface area (Å²) >= 11 is 0. The zero-order valence-electron chi connectivity index (χ0n) is 20.7. The van der Waals surface area contributed by atoms with Gasteiger partial charge in [0.15, 0.2) is 0 Å². The van der Waals surface area contributed by atoms with Crippen LogP contribution in [0.15, 0.2) is 30.4 Å². The lowest BCUT2D eigenvalue weighted by Crippen LogP contribution is -2.40. The van der Waals surface area contributed by atoms with Crippen LogP contribution in [0.2, 0.25) is 0 Å². The zero-order chi connectivity index (χ0) is 23.2. The van der Waals surface area contributed by atoms with Gasteiger partial charge in [0.2, 0.25) is 0 Å². The standard InChI is InChI=1S/C30H43FO2/c1-3-5-6-8-23-15-17-26(20-29(23)31)33-30(32)28-10-7-9-25-19-24(16-18-27(25)28)22-13-11-21(4-2)12-14-22/h3,5,15,17,20-22,24-25,27-28H,4,6-14,16,18-19H2,1-2H3/b5-3+. The van der Waals surface area contributed by atoms with Crippen LogP contribution in [0.1, 0.15) is 96.5 Å². The van der Waals surface area contributed by atoms with E-state index in [-0.39, 0.29) is 17.7 Å². The van der Waals surface area contributed by atoms with Crippen molar-refractivity contribution in [2.45, 2.75) is 97.3 Å². The second-order valence-corrected chi connectivity index (χ2v) is 11.0. The van der Waals surface area contributed by atoms with Crippen LogP contribution in [0.4, 0.5) is 4.39 Å². The maximum atomic E-state index is 14.5. The third-order valence-corrected chi connectivity index (χ3v) is 9.19. The van der Waals surface area contributed by atoms with Crippen LogP contribution in [0, 0.1) is 41.3 Å². The topological polar surface area (TPSA) is 26.3 Å². The van der Waals surface area contributed by atoms with Crippen LogP contribution in [0.25, 0.3) is 0 Å². The third-order valence-electron chi connectivity index (χ3n) is 9.19. The molecule has 3 heteroatoms. The van der Waals surface area contributed by atoms with E-state index in [1.165, 1.54) is 63.9 Å². The van der Waals surface area contributed by atoms with Crippen LogP contribution in [-0.4, -0.2) is 5.97 Å². The lowest BCUT2D eigenvalue weighted by Gasteiger charge is -2.46. The molecule has 4 rings (SSSR count). The zero-order valence-corrected chi connectivity index (χ0v) is 20.7. The van der Waals surface area contributed by atoms with E-state index in [0.717, 1.165) is 37.0 Å². The number of hydrogen-bond donors (Lipinski definition) is 0. The highest BCUT2D eigenvalue weighted by atomic mass is 19.1. The van der Waals surface area contributed by atoms with Gasteiger partial charge in [0, 0.05) is 6.07 Å². The highest BCUT2D eigenvalue weighted by Crippen LogP contribution is 2.50. The van der Waals surface area contributed by atoms with Crippen molar-refractivity contribution in [2.24, 2.45) is 35.5 Å². The Kier molecular flexibility index (Phi) is 8.66. The minimum absolute atomic E-state index is 0.0158. The number of halogens is 1. The molecule has 3 fully saturated rings. The molecule has 0 amide bonds. The van der Waals surface area contributed by atoms with Crippen LogP contribution in [-0.2, 0) is 11.2 Å². The van der Waals surface area contributed by atoms with Gasteiger partial charge in [-0.2, -0.15) is 0 Å². The van der Waals surface area contributed by atoms with E-state index in [9.17, 15) is 9.18 Å². The average molecular weight is 455 g/mol. The molecule has 3 aliphatic rings. The summed E-state index contributed by atoms with van der Waals surface area (Å²) in [6, 6.07) is 4.92. The smallest absolute Gasteiger partial charge is 0.314 e. The van der Waals surface area contributed by atoms with Gasteiger partial charge in [-0.1, -0.05) is 57.2 Å². The van der Waals surface area contributed by atoms with Gasteiger partial charge < -0.3 is 4.74 Å². The van der Waals surface area contributed by atoms with Gasteiger partial charge in [-0.15, -0.1) is 0 Å². The molecule has 0 heterocycles. The van der Waals surface area contributed by atoms with Gasteiger partial charge in [0.05, 0.1) is 5.92 Å². The molecular weight excluding hydrogens is 411 g/mol. The molecule has 182 valence electrons. The number of rotatable bonds is 7. The Balaban J connectivity index is 1.32. The van der Waals surface area contributed by atoms with E-state index < -0.39 is 0 Å². The number of esters is 1.